The van der Waals surface area contributed by atoms with Crippen molar-refractivity contribution >= 4 is 24.8 Å². The standard InChI is InChI=1S/C13H17BClNO3/c1-12(2)13(3,4)19-14(18-12)7-5-9-11(15)10(17)6-8-16-9/h5-8H,1-4H3,(H,16,17)/b7-5+. The van der Waals surface area contributed by atoms with Gasteiger partial charge in [0.25, 0.3) is 0 Å². The monoisotopic (exact) mass is 281 g/mol. The predicted molar refractivity (Wildman–Crippen MR) is 77.2 cm³/mol. The Hall–Kier alpha value is -1.04. The van der Waals surface area contributed by atoms with Gasteiger partial charge in [-0.05, 0) is 33.8 Å². The summed E-state index contributed by atoms with van der Waals surface area (Å²) in [6.45, 7) is 7.94. The van der Waals surface area contributed by atoms with Crippen LogP contribution in [0.15, 0.2) is 23.0 Å². The van der Waals surface area contributed by atoms with E-state index in [1.807, 2.05) is 27.7 Å². The summed E-state index contributed by atoms with van der Waals surface area (Å²) in [4.78, 5) is 14.3. The summed E-state index contributed by atoms with van der Waals surface area (Å²) in [6.07, 6.45) is 3.25. The molecule has 1 aliphatic rings. The van der Waals surface area contributed by atoms with Gasteiger partial charge in [0.1, 0.15) is 5.02 Å². The first-order valence-corrected chi connectivity index (χ1v) is 6.52. The number of hydrogen-bond donors (Lipinski definition) is 1. The lowest BCUT2D eigenvalue weighted by molar-refractivity contribution is 0.00578. The lowest BCUT2D eigenvalue weighted by atomic mass is 9.89. The maximum atomic E-state index is 11.4. The van der Waals surface area contributed by atoms with Gasteiger partial charge >= 0.3 is 7.12 Å². The maximum Gasteiger partial charge on any atom is 0.487 e. The molecular weight excluding hydrogens is 264 g/mol. The van der Waals surface area contributed by atoms with E-state index in [2.05, 4.69) is 4.98 Å². The molecular formula is C13H17BClNO3. The molecule has 0 saturated carbocycles. The molecule has 1 aromatic heterocycles. The van der Waals surface area contributed by atoms with Crippen LogP contribution in [0.2, 0.25) is 5.02 Å². The number of rotatable bonds is 2. The summed E-state index contributed by atoms with van der Waals surface area (Å²) >= 11 is 5.91. The van der Waals surface area contributed by atoms with Gasteiger partial charge in [-0.2, -0.15) is 0 Å². The molecule has 0 aliphatic carbocycles. The molecule has 0 amide bonds. The molecule has 4 nitrogen and oxygen atoms in total. The van der Waals surface area contributed by atoms with Crippen molar-refractivity contribution in [3.8, 4) is 0 Å². The first-order valence-electron chi connectivity index (χ1n) is 6.14. The van der Waals surface area contributed by atoms with Gasteiger partial charge in [0.2, 0.25) is 5.43 Å². The Kier molecular flexibility index (Phi) is 3.64. The van der Waals surface area contributed by atoms with E-state index in [9.17, 15) is 4.79 Å². The van der Waals surface area contributed by atoms with Crippen molar-refractivity contribution in [1.29, 1.82) is 0 Å². The highest BCUT2D eigenvalue weighted by Crippen LogP contribution is 2.37. The normalized spacial score (nSPS) is 21.2. The van der Waals surface area contributed by atoms with Crippen LogP contribution < -0.4 is 5.43 Å². The maximum absolute atomic E-state index is 11.4. The van der Waals surface area contributed by atoms with Crippen LogP contribution in [0.25, 0.3) is 6.08 Å². The van der Waals surface area contributed by atoms with Crippen molar-refractivity contribution in [3.05, 3.63) is 39.2 Å². The van der Waals surface area contributed by atoms with Gasteiger partial charge in [-0.15, -0.1) is 0 Å². The summed E-state index contributed by atoms with van der Waals surface area (Å²) in [6, 6.07) is 1.38. The Morgan fingerprint density at radius 3 is 2.42 bits per heavy atom. The number of aromatic nitrogens is 1. The molecule has 0 radical (unpaired) electrons. The summed E-state index contributed by atoms with van der Waals surface area (Å²) in [5.74, 6) is 1.74. The van der Waals surface area contributed by atoms with E-state index in [4.69, 9.17) is 20.9 Å². The van der Waals surface area contributed by atoms with Crippen LogP contribution in [-0.2, 0) is 9.31 Å². The van der Waals surface area contributed by atoms with E-state index >= 15 is 0 Å². The molecule has 1 aliphatic heterocycles. The lowest BCUT2D eigenvalue weighted by Crippen LogP contribution is -2.41. The fourth-order valence-corrected chi connectivity index (χ4v) is 1.92. The van der Waals surface area contributed by atoms with Crippen LogP contribution in [0.1, 0.15) is 33.4 Å². The number of pyridine rings is 1. The second kappa shape index (κ2) is 4.82. The smallest absolute Gasteiger partial charge is 0.400 e. The zero-order valence-corrected chi connectivity index (χ0v) is 12.2. The van der Waals surface area contributed by atoms with E-state index in [-0.39, 0.29) is 21.7 Å². The summed E-state index contributed by atoms with van der Waals surface area (Å²) in [5.41, 5.74) is -0.427. The van der Waals surface area contributed by atoms with Gasteiger partial charge in [-0.1, -0.05) is 17.6 Å². The second-order valence-electron chi connectivity index (χ2n) is 5.55. The van der Waals surface area contributed by atoms with Crippen molar-refractivity contribution in [2.45, 2.75) is 38.9 Å². The van der Waals surface area contributed by atoms with Crippen LogP contribution in [0.5, 0.6) is 0 Å². The molecule has 1 aromatic rings. The quantitative estimate of drug-likeness (QED) is 0.848. The highest BCUT2D eigenvalue weighted by atomic mass is 35.5. The molecule has 6 heteroatoms. The highest BCUT2D eigenvalue weighted by molar-refractivity contribution is 6.52. The topological polar surface area (TPSA) is 51.3 Å². The van der Waals surface area contributed by atoms with Gasteiger partial charge < -0.3 is 14.3 Å². The summed E-state index contributed by atoms with van der Waals surface area (Å²) in [5, 5.41) is 0.162. The fourth-order valence-electron chi connectivity index (χ4n) is 1.74. The predicted octanol–water partition coefficient (Wildman–Crippen LogP) is 2.67. The minimum absolute atomic E-state index is 0.162. The van der Waals surface area contributed by atoms with E-state index in [0.717, 1.165) is 0 Å². The molecule has 1 N–H and O–H groups in total. The second-order valence-corrected chi connectivity index (χ2v) is 5.93. The van der Waals surface area contributed by atoms with Gasteiger partial charge in [-0.25, -0.2) is 0 Å². The first kappa shape index (κ1) is 14.4. The first-order chi connectivity index (χ1) is 8.73. The minimum Gasteiger partial charge on any atom is -0.400 e. The van der Waals surface area contributed by atoms with Crippen LogP contribution in [-0.4, -0.2) is 23.3 Å². The van der Waals surface area contributed by atoms with Crippen LogP contribution in [0.4, 0.5) is 0 Å². The Bertz CT molecular complexity index is 549. The zero-order chi connectivity index (χ0) is 14.3. The van der Waals surface area contributed by atoms with Crippen LogP contribution in [0.3, 0.4) is 0 Å². The molecule has 0 aromatic carbocycles. The number of hydrogen-bond acceptors (Lipinski definition) is 3. The third-order valence-electron chi connectivity index (χ3n) is 3.62. The Balaban J connectivity index is 2.17. The molecule has 0 bridgehead atoms. The van der Waals surface area contributed by atoms with E-state index < -0.39 is 7.12 Å². The molecule has 0 unspecified atom stereocenters. The van der Waals surface area contributed by atoms with Crippen molar-refractivity contribution in [1.82, 2.24) is 4.98 Å². The van der Waals surface area contributed by atoms with Gasteiger partial charge in [0.15, 0.2) is 0 Å². The largest absolute Gasteiger partial charge is 0.487 e. The average Bonchev–Trinajstić information content (AvgIpc) is 2.50. The average molecular weight is 282 g/mol. The Morgan fingerprint density at radius 2 is 1.84 bits per heavy atom. The number of nitrogens with one attached hydrogen (secondary N) is 1. The van der Waals surface area contributed by atoms with Crippen molar-refractivity contribution in [2.75, 3.05) is 0 Å². The Morgan fingerprint density at radius 1 is 1.26 bits per heavy atom. The van der Waals surface area contributed by atoms with E-state index in [0.29, 0.717) is 5.69 Å². The van der Waals surface area contributed by atoms with Gasteiger partial charge in [-0.3, -0.25) is 4.79 Å². The molecule has 1 fully saturated rings. The van der Waals surface area contributed by atoms with Crippen molar-refractivity contribution < 1.29 is 9.31 Å². The molecule has 19 heavy (non-hydrogen) atoms. The number of halogens is 1. The summed E-state index contributed by atoms with van der Waals surface area (Å²) in [7, 11) is -0.454. The summed E-state index contributed by atoms with van der Waals surface area (Å²) < 4.78 is 11.6. The zero-order valence-electron chi connectivity index (χ0n) is 11.5. The fraction of sp³-hybridized carbons (Fsp3) is 0.462. The SMILES string of the molecule is CC1(C)OB(/C=C/c2[nH]ccc(=O)c2Cl)OC1(C)C. The molecule has 1 saturated heterocycles. The molecule has 0 spiro atoms. The van der Waals surface area contributed by atoms with Gasteiger partial charge in [0.05, 0.1) is 16.9 Å². The minimum atomic E-state index is -0.454. The molecule has 2 rings (SSSR count). The number of aromatic amines is 1. The lowest BCUT2D eigenvalue weighted by Gasteiger charge is -2.32. The van der Waals surface area contributed by atoms with Gasteiger partial charge in [0, 0.05) is 12.3 Å². The third kappa shape index (κ3) is 2.78. The Labute approximate surface area is 117 Å². The third-order valence-corrected chi connectivity index (χ3v) is 4.01. The molecule has 102 valence electrons. The highest BCUT2D eigenvalue weighted by Gasteiger charge is 2.50. The van der Waals surface area contributed by atoms with E-state index in [1.165, 1.54) is 6.07 Å². The molecule has 0 atom stereocenters. The van der Waals surface area contributed by atoms with Crippen molar-refractivity contribution in [2.24, 2.45) is 0 Å². The van der Waals surface area contributed by atoms with Crippen LogP contribution in [0, 0.1) is 0 Å². The number of H-pyrrole nitrogens is 1. The van der Waals surface area contributed by atoms with Crippen LogP contribution >= 0.6 is 11.6 Å². The van der Waals surface area contributed by atoms with Crippen molar-refractivity contribution in [3.63, 3.8) is 0 Å². The molecule has 2 heterocycles. The van der Waals surface area contributed by atoms with E-state index in [1.54, 1.807) is 18.2 Å².